The fourth-order valence-electron chi connectivity index (χ4n) is 4.21. The van der Waals surface area contributed by atoms with Gasteiger partial charge >= 0.3 is 5.97 Å². The number of nitrogens with two attached hydrogens (primary N) is 2. The molecule has 15 heteroatoms. The van der Waals surface area contributed by atoms with E-state index in [0.29, 0.717) is 12.0 Å². The van der Waals surface area contributed by atoms with Crippen molar-refractivity contribution in [2.24, 2.45) is 22.4 Å². The van der Waals surface area contributed by atoms with E-state index in [4.69, 9.17) is 11.5 Å². The van der Waals surface area contributed by atoms with Gasteiger partial charge < -0.3 is 43.2 Å². The van der Waals surface area contributed by atoms with Crippen molar-refractivity contribution in [2.75, 3.05) is 6.54 Å². The summed E-state index contributed by atoms with van der Waals surface area (Å²) in [7, 11) is 0. The van der Waals surface area contributed by atoms with Gasteiger partial charge in [0.05, 0.1) is 6.42 Å². The summed E-state index contributed by atoms with van der Waals surface area (Å²) in [6, 6.07) is 2.55. The molecule has 0 unspecified atom stereocenters. The predicted molar refractivity (Wildman–Crippen MR) is 152 cm³/mol. The second-order valence-corrected chi connectivity index (χ2v) is 10.4. The number of hydrogen-bond donors (Lipinski definition) is 8. The van der Waals surface area contributed by atoms with E-state index in [9.17, 15) is 33.9 Å². The Balaban J connectivity index is 2.48. The lowest BCUT2D eigenvalue weighted by atomic mass is 10.00. The Bertz CT molecular complexity index is 1170. The van der Waals surface area contributed by atoms with Crippen LogP contribution in [0.25, 0.3) is 0 Å². The van der Waals surface area contributed by atoms with Gasteiger partial charge in [-0.1, -0.05) is 44.2 Å². The van der Waals surface area contributed by atoms with Crippen LogP contribution >= 0.6 is 0 Å². The normalized spacial score (nSPS) is 24.2. The third kappa shape index (κ3) is 10.7. The number of carbonyl (C=O) groups excluding carboxylic acids is 5. The maximum Gasteiger partial charge on any atom is 0.305 e. The van der Waals surface area contributed by atoms with Crippen LogP contribution in [0.1, 0.15) is 45.6 Å². The van der Waals surface area contributed by atoms with Gasteiger partial charge in [0.1, 0.15) is 30.2 Å². The number of guanidine groups is 1. The first-order valence-electron chi connectivity index (χ1n) is 13.6. The van der Waals surface area contributed by atoms with Gasteiger partial charge in [-0.05, 0) is 31.2 Å². The Morgan fingerprint density at radius 2 is 1.40 bits per heavy atom. The van der Waals surface area contributed by atoms with E-state index in [0.717, 1.165) is 0 Å². The van der Waals surface area contributed by atoms with Crippen LogP contribution in [-0.2, 0) is 35.2 Å². The molecule has 1 heterocycles. The number of aliphatic imine (C=N–C) groups is 1. The van der Waals surface area contributed by atoms with E-state index < -0.39 is 78.1 Å². The maximum atomic E-state index is 13.5. The summed E-state index contributed by atoms with van der Waals surface area (Å²) in [5.74, 6) is -5.76. The second kappa shape index (κ2) is 15.9. The lowest BCUT2D eigenvalue weighted by molar-refractivity contribution is -0.141. The van der Waals surface area contributed by atoms with Crippen molar-refractivity contribution < 1.29 is 33.9 Å². The molecule has 0 bridgehead atoms. The minimum absolute atomic E-state index is 0.0163. The molecule has 5 amide bonds. The molecule has 15 nitrogen and oxygen atoms in total. The van der Waals surface area contributed by atoms with E-state index in [1.165, 1.54) is 6.92 Å². The average molecular weight is 589 g/mol. The average Bonchev–Trinajstić information content (AvgIpc) is 2.91. The number of carboxylic acids is 1. The monoisotopic (exact) mass is 588 g/mol. The van der Waals surface area contributed by atoms with Gasteiger partial charge in [0.2, 0.25) is 29.5 Å². The number of hydrogen-bond acceptors (Lipinski definition) is 7. The molecule has 230 valence electrons. The minimum atomic E-state index is -1.55. The van der Waals surface area contributed by atoms with Gasteiger partial charge in [0, 0.05) is 13.0 Å². The number of carbonyl (C=O) groups is 6. The fourth-order valence-corrected chi connectivity index (χ4v) is 4.21. The molecule has 10 N–H and O–H groups in total. The first-order valence-corrected chi connectivity index (χ1v) is 13.6. The Kier molecular flexibility index (Phi) is 12.7. The fraction of sp³-hybridized carbons (Fsp3) is 0.519. The molecule has 1 aromatic carbocycles. The van der Waals surface area contributed by atoms with Crippen LogP contribution < -0.4 is 38.1 Å². The predicted octanol–water partition coefficient (Wildman–Crippen LogP) is -2.13. The molecule has 1 fully saturated rings. The number of nitrogens with one attached hydrogen (secondary N) is 5. The quantitative estimate of drug-likeness (QED) is 0.0890. The zero-order chi connectivity index (χ0) is 31.4. The van der Waals surface area contributed by atoms with Crippen LogP contribution in [0.2, 0.25) is 0 Å². The molecule has 0 radical (unpaired) electrons. The summed E-state index contributed by atoms with van der Waals surface area (Å²) in [6.45, 7) is 4.92. The van der Waals surface area contributed by atoms with Gasteiger partial charge in [-0.15, -0.1) is 0 Å². The molecule has 1 aliphatic rings. The van der Waals surface area contributed by atoms with E-state index >= 15 is 0 Å². The molecule has 2 rings (SSSR count). The van der Waals surface area contributed by atoms with Gasteiger partial charge in [-0.25, -0.2) is 0 Å². The van der Waals surface area contributed by atoms with Gasteiger partial charge in [0.15, 0.2) is 5.96 Å². The van der Waals surface area contributed by atoms with Crippen molar-refractivity contribution in [2.45, 2.75) is 76.7 Å². The highest BCUT2D eigenvalue weighted by Crippen LogP contribution is 2.10. The molecule has 0 aromatic heterocycles. The summed E-state index contributed by atoms with van der Waals surface area (Å²) in [5.41, 5.74) is 11.4. The second-order valence-electron chi connectivity index (χ2n) is 10.4. The first kappa shape index (κ1) is 33.5. The topological polar surface area (TPSA) is 247 Å². The highest BCUT2D eigenvalue weighted by molar-refractivity contribution is 5.98. The minimum Gasteiger partial charge on any atom is -0.481 e. The molecule has 0 spiro atoms. The van der Waals surface area contributed by atoms with Crippen molar-refractivity contribution in [3.8, 4) is 0 Å². The Hall–Kier alpha value is -4.69. The summed E-state index contributed by atoms with van der Waals surface area (Å²) in [5, 5.41) is 22.0. The number of benzene rings is 1. The molecule has 42 heavy (non-hydrogen) atoms. The summed E-state index contributed by atoms with van der Waals surface area (Å²) in [4.78, 5) is 81.5. The van der Waals surface area contributed by atoms with Crippen molar-refractivity contribution in [1.29, 1.82) is 0 Å². The number of carboxylic acid groups (broad SMARTS) is 1. The van der Waals surface area contributed by atoms with E-state index in [1.54, 1.807) is 44.2 Å². The molecule has 5 atom stereocenters. The Morgan fingerprint density at radius 3 is 2.00 bits per heavy atom. The number of rotatable bonds is 9. The van der Waals surface area contributed by atoms with Gasteiger partial charge in [0.25, 0.3) is 0 Å². The summed E-state index contributed by atoms with van der Waals surface area (Å²) < 4.78 is 0. The molecule has 1 aromatic rings. The maximum absolute atomic E-state index is 13.5. The third-order valence-corrected chi connectivity index (χ3v) is 6.50. The smallest absolute Gasteiger partial charge is 0.305 e. The van der Waals surface area contributed by atoms with Gasteiger partial charge in [-0.2, -0.15) is 0 Å². The summed E-state index contributed by atoms with van der Waals surface area (Å²) >= 11 is 0. The lowest BCUT2D eigenvalue weighted by Gasteiger charge is -2.27. The Morgan fingerprint density at radius 1 is 0.833 bits per heavy atom. The van der Waals surface area contributed by atoms with E-state index in [-0.39, 0.29) is 25.3 Å². The van der Waals surface area contributed by atoms with Crippen LogP contribution in [0.5, 0.6) is 0 Å². The number of nitrogens with zero attached hydrogens (tertiary/aromatic N) is 1. The highest BCUT2D eigenvalue weighted by Gasteiger charge is 2.35. The molecule has 0 saturated carbocycles. The van der Waals surface area contributed by atoms with E-state index in [2.05, 4.69) is 31.6 Å². The van der Waals surface area contributed by atoms with Crippen LogP contribution in [0.4, 0.5) is 0 Å². The third-order valence-electron chi connectivity index (χ3n) is 6.50. The molecular weight excluding hydrogens is 548 g/mol. The zero-order valence-corrected chi connectivity index (χ0v) is 23.9. The molecule has 1 aliphatic heterocycles. The zero-order valence-electron chi connectivity index (χ0n) is 23.9. The highest BCUT2D eigenvalue weighted by atomic mass is 16.4. The van der Waals surface area contributed by atoms with Crippen molar-refractivity contribution in [3.05, 3.63) is 35.9 Å². The molecule has 0 aliphatic carbocycles. The number of aliphatic carboxylic acids is 1. The van der Waals surface area contributed by atoms with Crippen LogP contribution in [0.3, 0.4) is 0 Å². The van der Waals surface area contributed by atoms with Crippen molar-refractivity contribution in [3.63, 3.8) is 0 Å². The molecule has 1 saturated heterocycles. The van der Waals surface area contributed by atoms with Crippen molar-refractivity contribution in [1.82, 2.24) is 26.6 Å². The van der Waals surface area contributed by atoms with Crippen LogP contribution in [0, 0.1) is 5.92 Å². The Labute approximate surface area is 243 Å². The van der Waals surface area contributed by atoms with Crippen molar-refractivity contribution >= 4 is 41.5 Å². The van der Waals surface area contributed by atoms with Crippen LogP contribution in [0.15, 0.2) is 35.3 Å². The standard InChI is InChI=1S/C27H40N8O7/c1-14(2)21-26(42)32-17(10-7-11-30-27(28)29)23(39)31-15(3)22(38)33-19(13-20(36)37)24(40)34-18(25(41)35-21)12-16-8-5-4-6-9-16/h4-6,8-9,14-15,17-19,21H,7,10-13H2,1-3H3,(H,31,39)(H,32,42)(H,33,38)(H,34,40)(H,35,41)(H,36,37)(H4,28,29,30)/t15-,17-,18+,19-,21-/m0/s1. The van der Waals surface area contributed by atoms with Crippen LogP contribution in [-0.4, -0.2) is 83.3 Å². The largest absolute Gasteiger partial charge is 0.481 e. The molecular formula is C27H40N8O7. The SMILES string of the molecule is CC(C)[C@@H]1NC(=O)[C@@H](Cc2ccccc2)NC(=O)[C@H](CC(=O)O)NC(=O)[C@H](C)NC(=O)[C@H](CCCN=C(N)N)NC1=O. The number of amides is 5. The van der Waals surface area contributed by atoms with E-state index in [1.807, 2.05) is 0 Å². The lowest BCUT2D eigenvalue weighted by Crippen LogP contribution is -2.59. The first-order chi connectivity index (χ1) is 19.8. The summed E-state index contributed by atoms with van der Waals surface area (Å²) in [6.07, 6.45) is -0.365. The van der Waals surface area contributed by atoms with Gasteiger partial charge in [-0.3, -0.25) is 33.8 Å².